The van der Waals surface area contributed by atoms with E-state index in [1.54, 1.807) is 0 Å². The lowest BCUT2D eigenvalue weighted by Crippen LogP contribution is -2.30. The summed E-state index contributed by atoms with van der Waals surface area (Å²) in [5.41, 5.74) is 1.16. The summed E-state index contributed by atoms with van der Waals surface area (Å²) < 4.78 is 0. The summed E-state index contributed by atoms with van der Waals surface area (Å²) >= 11 is 5.94. The molecule has 5 heteroatoms. The van der Waals surface area contributed by atoms with Crippen molar-refractivity contribution >= 4 is 11.6 Å². The number of nitrogens with one attached hydrogen (secondary N) is 1. The van der Waals surface area contributed by atoms with Gasteiger partial charge in [0.2, 0.25) is 0 Å². The molecule has 4 nitrogen and oxygen atoms in total. The number of hydrogen-bond acceptors (Lipinski definition) is 3. The Kier molecular flexibility index (Phi) is 3.63. The lowest BCUT2D eigenvalue weighted by atomic mass is 9.71. The largest absolute Gasteiger partial charge is 0.242 e. The number of aromatic nitrogens is 4. The van der Waals surface area contributed by atoms with Crippen molar-refractivity contribution in [1.82, 2.24) is 20.6 Å². The third-order valence-electron chi connectivity index (χ3n) is 3.50. The van der Waals surface area contributed by atoms with Crippen LogP contribution >= 0.6 is 11.6 Å². The van der Waals surface area contributed by atoms with Crippen LogP contribution in [0.25, 0.3) is 0 Å². The topological polar surface area (TPSA) is 54.5 Å². The van der Waals surface area contributed by atoms with Crippen LogP contribution in [0, 0.1) is 0 Å². The number of hydrogen-bond donors (Lipinski definition) is 1. The standard InChI is InChI=1S/C14H19ClN4/c1-13(2,10-5-7-11(15)8-6-10)9-14(3,4)12-16-18-19-17-12/h5-8H,9H2,1-4H3,(H,16,17,18,19). The maximum absolute atomic E-state index is 5.94. The SMILES string of the molecule is CC(C)(CC(C)(C)c1nnn[nH]1)c1ccc(Cl)cc1. The molecule has 2 aromatic rings. The van der Waals surface area contributed by atoms with Crippen molar-refractivity contribution in [3.8, 4) is 0 Å². The first-order valence-electron chi connectivity index (χ1n) is 6.31. The maximum Gasteiger partial charge on any atom is 0.154 e. The lowest BCUT2D eigenvalue weighted by Gasteiger charge is -2.33. The van der Waals surface area contributed by atoms with Gasteiger partial charge in [-0.3, -0.25) is 0 Å². The Morgan fingerprint density at radius 2 is 1.68 bits per heavy atom. The van der Waals surface area contributed by atoms with Crippen LogP contribution in [0.3, 0.4) is 0 Å². The summed E-state index contributed by atoms with van der Waals surface area (Å²) in [6.07, 6.45) is 0.929. The molecule has 0 amide bonds. The second-order valence-corrected chi connectivity index (χ2v) is 6.64. The van der Waals surface area contributed by atoms with Crippen molar-refractivity contribution in [1.29, 1.82) is 0 Å². The summed E-state index contributed by atoms with van der Waals surface area (Å²) in [6, 6.07) is 8.03. The predicted octanol–water partition coefficient (Wildman–Crippen LogP) is 3.50. The van der Waals surface area contributed by atoms with Crippen LogP contribution in [0.5, 0.6) is 0 Å². The van der Waals surface area contributed by atoms with E-state index in [1.807, 2.05) is 12.1 Å². The Balaban J connectivity index is 2.23. The first kappa shape index (κ1) is 14.0. The molecule has 19 heavy (non-hydrogen) atoms. The van der Waals surface area contributed by atoms with Gasteiger partial charge in [-0.15, -0.1) is 5.10 Å². The minimum absolute atomic E-state index is 0.0148. The molecule has 1 N–H and O–H groups in total. The van der Waals surface area contributed by atoms with Crippen LogP contribution in [-0.4, -0.2) is 20.6 Å². The van der Waals surface area contributed by atoms with Crippen LogP contribution in [0.2, 0.25) is 5.02 Å². The number of halogens is 1. The minimum Gasteiger partial charge on any atom is -0.242 e. The van der Waals surface area contributed by atoms with Gasteiger partial charge in [-0.25, -0.2) is 5.10 Å². The van der Waals surface area contributed by atoms with Gasteiger partial charge in [0.25, 0.3) is 0 Å². The summed E-state index contributed by atoms with van der Waals surface area (Å²) in [7, 11) is 0. The summed E-state index contributed by atoms with van der Waals surface area (Å²) in [5.74, 6) is 0.814. The minimum atomic E-state index is -0.118. The molecule has 1 heterocycles. The normalized spacial score (nSPS) is 12.7. The molecule has 2 rings (SSSR count). The average Bonchev–Trinajstić information content (AvgIpc) is 2.82. The molecular formula is C14H19ClN4. The predicted molar refractivity (Wildman–Crippen MR) is 76.3 cm³/mol. The molecule has 0 spiro atoms. The molecule has 0 fully saturated rings. The van der Waals surface area contributed by atoms with Gasteiger partial charge in [0.1, 0.15) is 0 Å². The van der Waals surface area contributed by atoms with Gasteiger partial charge < -0.3 is 0 Å². The van der Waals surface area contributed by atoms with Crippen molar-refractivity contribution in [2.24, 2.45) is 0 Å². The third kappa shape index (κ3) is 3.13. The number of nitrogens with zero attached hydrogens (tertiary/aromatic N) is 3. The zero-order valence-electron chi connectivity index (χ0n) is 11.7. The number of rotatable bonds is 4. The molecule has 0 unspecified atom stereocenters. The van der Waals surface area contributed by atoms with Gasteiger partial charge in [0, 0.05) is 10.4 Å². The highest BCUT2D eigenvalue weighted by Gasteiger charge is 2.33. The second-order valence-electron chi connectivity index (χ2n) is 6.20. The molecule has 0 aliphatic rings. The Hall–Kier alpha value is -1.42. The summed E-state index contributed by atoms with van der Waals surface area (Å²) in [4.78, 5) is 0. The fourth-order valence-electron chi connectivity index (χ4n) is 2.64. The van der Waals surface area contributed by atoms with Gasteiger partial charge >= 0.3 is 0 Å². The Morgan fingerprint density at radius 3 is 2.21 bits per heavy atom. The Labute approximate surface area is 118 Å². The number of aromatic amines is 1. The zero-order valence-corrected chi connectivity index (χ0v) is 12.5. The fourth-order valence-corrected chi connectivity index (χ4v) is 2.76. The van der Waals surface area contributed by atoms with Crippen LogP contribution in [-0.2, 0) is 10.8 Å². The van der Waals surface area contributed by atoms with Crippen LogP contribution in [0.1, 0.15) is 45.5 Å². The first-order valence-corrected chi connectivity index (χ1v) is 6.69. The molecule has 0 aliphatic heterocycles. The smallest absolute Gasteiger partial charge is 0.154 e. The van der Waals surface area contributed by atoms with Crippen molar-refractivity contribution in [2.75, 3.05) is 0 Å². The second kappa shape index (κ2) is 4.93. The van der Waals surface area contributed by atoms with E-state index in [-0.39, 0.29) is 10.8 Å². The highest BCUT2D eigenvalue weighted by atomic mass is 35.5. The molecule has 0 atom stereocenters. The van der Waals surface area contributed by atoms with E-state index in [2.05, 4.69) is 60.5 Å². The van der Waals surface area contributed by atoms with Gasteiger partial charge in [0.15, 0.2) is 5.82 Å². The quantitative estimate of drug-likeness (QED) is 0.931. The molecule has 1 aromatic carbocycles. The molecular weight excluding hydrogens is 260 g/mol. The van der Waals surface area contributed by atoms with Crippen molar-refractivity contribution in [3.05, 3.63) is 40.7 Å². The molecule has 0 saturated carbocycles. The highest BCUT2D eigenvalue weighted by molar-refractivity contribution is 6.30. The van der Waals surface area contributed by atoms with E-state index in [4.69, 9.17) is 11.6 Å². The van der Waals surface area contributed by atoms with Crippen molar-refractivity contribution in [2.45, 2.75) is 44.9 Å². The highest BCUT2D eigenvalue weighted by Crippen LogP contribution is 2.37. The zero-order chi connectivity index (χ0) is 14.1. The van der Waals surface area contributed by atoms with E-state index in [9.17, 15) is 0 Å². The fraction of sp³-hybridized carbons (Fsp3) is 0.500. The molecule has 102 valence electrons. The number of tetrazole rings is 1. The summed E-state index contributed by atoms with van der Waals surface area (Å²) in [5, 5.41) is 15.0. The number of benzene rings is 1. The third-order valence-corrected chi connectivity index (χ3v) is 3.75. The summed E-state index contributed by atoms with van der Waals surface area (Å²) in [6.45, 7) is 8.74. The van der Waals surface area contributed by atoms with Gasteiger partial charge in [0.05, 0.1) is 0 Å². The molecule has 0 bridgehead atoms. The molecule has 0 radical (unpaired) electrons. The first-order chi connectivity index (χ1) is 8.81. The lowest BCUT2D eigenvalue weighted by molar-refractivity contribution is 0.335. The van der Waals surface area contributed by atoms with Crippen LogP contribution < -0.4 is 0 Å². The van der Waals surface area contributed by atoms with Gasteiger partial charge in [-0.05, 0) is 40.0 Å². The van der Waals surface area contributed by atoms with E-state index in [0.717, 1.165) is 17.3 Å². The van der Waals surface area contributed by atoms with E-state index < -0.39 is 0 Å². The van der Waals surface area contributed by atoms with E-state index >= 15 is 0 Å². The number of H-pyrrole nitrogens is 1. The average molecular weight is 279 g/mol. The molecule has 0 saturated heterocycles. The van der Waals surface area contributed by atoms with Crippen LogP contribution in [0.15, 0.2) is 24.3 Å². The van der Waals surface area contributed by atoms with E-state index in [1.165, 1.54) is 5.56 Å². The maximum atomic E-state index is 5.94. The van der Waals surface area contributed by atoms with Crippen LogP contribution in [0.4, 0.5) is 0 Å². The Bertz CT molecular complexity index is 529. The van der Waals surface area contributed by atoms with Crippen molar-refractivity contribution in [3.63, 3.8) is 0 Å². The molecule has 1 aromatic heterocycles. The monoisotopic (exact) mass is 278 g/mol. The van der Waals surface area contributed by atoms with Gasteiger partial charge in [-0.1, -0.05) is 51.4 Å². The molecule has 0 aliphatic carbocycles. The Morgan fingerprint density at radius 1 is 1.05 bits per heavy atom. The van der Waals surface area contributed by atoms with Crippen molar-refractivity contribution < 1.29 is 0 Å². The van der Waals surface area contributed by atoms with Gasteiger partial charge in [-0.2, -0.15) is 0 Å². The van der Waals surface area contributed by atoms with E-state index in [0.29, 0.717) is 0 Å².